The maximum atomic E-state index is 13.0. The van der Waals surface area contributed by atoms with Crippen LogP contribution in [0.3, 0.4) is 0 Å². The Morgan fingerprint density at radius 3 is 2.59 bits per heavy atom. The molecule has 2 heterocycles. The number of halogens is 1. The van der Waals surface area contributed by atoms with Gasteiger partial charge in [0.05, 0.1) is 5.69 Å². The lowest BCUT2D eigenvalue weighted by atomic mass is 9.82. The number of carbonyl (C=O) groups is 2. The fourth-order valence-corrected chi connectivity index (χ4v) is 4.02. The van der Waals surface area contributed by atoms with Gasteiger partial charge in [-0.25, -0.2) is 0 Å². The Hall–Kier alpha value is -3.12. The van der Waals surface area contributed by atoms with Crippen LogP contribution in [0.5, 0.6) is 0 Å². The largest absolute Gasteiger partial charge is 0.339 e. The number of benzene rings is 2. The highest BCUT2D eigenvalue weighted by molar-refractivity contribution is 6.30. The van der Waals surface area contributed by atoms with Crippen molar-refractivity contribution in [2.24, 2.45) is 7.05 Å². The Labute approximate surface area is 173 Å². The molecule has 0 fully saturated rings. The van der Waals surface area contributed by atoms with Gasteiger partial charge in [0.15, 0.2) is 0 Å². The number of aryl methyl sites for hydroxylation is 3. The molecule has 0 aliphatic carbocycles. The molecule has 2 N–H and O–H groups in total. The van der Waals surface area contributed by atoms with Crippen molar-refractivity contribution in [1.82, 2.24) is 15.1 Å². The number of hydrogen-bond donors (Lipinski definition) is 2. The predicted octanol–water partition coefficient (Wildman–Crippen LogP) is 3.57. The molecule has 1 aliphatic heterocycles. The molecule has 1 aliphatic rings. The van der Waals surface area contributed by atoms with Crippen molar-refractivity contribution in [2.45, 2.75) is 25.8 Å². The van der Waals surface area contributed by atoms with Crippen LogP contribution in [0.4, 0.5) is 5.82 Å². The third-order valence-corrected chi connectivity index (χ3v) is 5.48. The third-order valence-electron chi connectivity index (χ3n) is 5.23. The SMILES string of the molecule is Cc1cccc(C(=O)N[C@H]2C(=O)Nc3c(c(C)nn3C)[C@@H]2c2ccc(Cl)cc2)c1. The van der Waals surface area contributed by atoms with Gasteiger partial charge in [-0.3, -0.25) is 14.3 Å². The summed E-state index contributed by atoms with van der Waals surface area (Å²) in [6.45, 7) is 3.82. The van der Waals surface area contributed by atoms with E-state index >= 15 is 0 Å². The molecule has 0 bridgehead atoms. The normalized spacial score (nSPS) is 18.1. The van der Waals surface area contributed by atoms with Gasteiger partial charge in [-0.1, -0.05) is 41.4 Å². The zero-order chi connectivity index (χ0) is 20.7. The highest BCUT2D eigenvalue weighted by Gasteiger charge is 2.41. The molecule has 29 heavy (non-hydrogen) atoms. The zero-order valence-corrected chi connectivity index (χ0v) is 17.1. The van der Waals surface area contributed by atoms with E-state index in [0.717, 1.165) is 22.4 Å². The average molecular weight is 409 g/mol. The summed E-state index contributed by atoms with van der Waals surface area (Å²) < 4.78 is 1.66. The molecule has 6 nitrogen and oxygen atoms in total. The fraction of sp³-hybridized carbons (Fsp3) is 0.227. The number of anilines is 1. The molecular formula is C22H21ClN4O2. The van der Waals surface area contributed by atoms with Crippen molar-refractivity contribution in [2.75, 3.05) is 5.32 Å². The van der Waals surface area contributed by atoms with E-state index in [0.29, 0.717) is 16.4 Å². The number of hydrogen-bond acceptors (Lipinski definition) is 3. The summed E-state index contributed by atoms with van der Waals surface area (Å²) in [5.74, 6) is -0.300. The lowest BCUT2D eigenvalue weighted by Gasteiger charge is -2.32. The van der Waals surface area contributed by atoms with Crippen LogP contribution < -0.4 is 10.6 Å². The molecule has 4 rings (SSSR count). The molecule has 0 saturated heterocycles. The standard InChI is InChI=1S/C22H21ClN4O2/c1-12-5-4-6-15(11-12)21(28)24-19-18(14-7-9-16(23)10-8-14)17-13(2)26-27(3)20(17)25-22(19)29/h4-11,18-19H,1-3H3,(H,24,28)(H,25,29)/t18-,19+/m0/s1. The van der Waals surface area contributed by atoms with E-state index < -0.39 is 6.04 Å². The van der Waals surface area contributed by atoms with Gasteiger partial charge in [0.25, 0.3) is 5.91 Å². The van der Waals surface area contributed by atoms with Crippen LogP contribution in [0.15, 0.2) is 48.5 Å². The lowest BCUT2D eigenvalue weighted by Crippen LogP contribution is -2.50. The minimum Gasteiger partial charge on any atom is -0.339 e. The van der Waals surface area contributed by atoms with Crippen molar-refractivity contribution in [1.29, 1.82) is 0 Å². The summed E-state index contributed by atoms with van der Waals surface area (Å²) in [7, 11) is 1.79. The van der Waals surface area contributed by atoms with Crippen LogP contribution in [-0.4, -0.2) is 27.6 Å². The highest BCUT2D eigenvalue weighted by atomic mass is 35.5. The van der Waals surface area contributed by atoms with Gasteiger partial charge in [0, 0.05) is 29.1 Å². The minimum atomic E-state index is -0.778. The van der Waals surface area contributed by atoms with Crippen molar-refractivity contribution in [3.63, 3.8) is 0 Å². The van der Waals surface area contributed by atoms with Crippen LogP contribution in [0, 0.1) is 13.8 Å². The van der Waals surface area contributed by atoms with Crippen LogP contribution in [0.1, 0.15) is 38.7 Å². The second-order valence-corrected chi connectivity index (χ2v) is 7.75. The molecule has 1 aromatic heterocycles. The van der Waals surface area contributed by atoms with E-state index in [1.54, 1.807) is 36.0 Å². The molecule has 7 heteroatoms. The molecular weight excluding hydrogens is 388 g/mol. The number of nitrogens with one attached hydrogen (secondary N) is 2. The summed E-state index contributed by atoms with van der Waals surface area (Å²) in [6.07, 6.45) is 0. The summed E-state index contributed by atoms with van der Waals surface area (Å²) in [4.78, 5) is 25.9. The van der Waals surface area contributed by atoms with Crippen LogP contribution in [-0.2, 0) is 11.8 Å². The van der Waals surface area contributed by atoms with Crippen molar-refractivity contribution in [3.8, 4) is 0 Å². The van der Waals surface area contributed by atoms with Crippen LogP contribution in [0.2, 0.25) is 5.02 Å². The van der Waals surface area contributed by atoms with E-state index in [9.17, 15) is 9.59 Å². The molecule has 0 spiro atoms. The molecule has 0 radical (unpaired) electrons. The molecule has 2 aromatic carbocycles. The smallest absolute Gasteiger partial charge is 0.251 e. The summed E-state index contributed by atoms with van der Waals surface area (Å²) in [6, 6.07) is 13.8. The topological polar surface area (TPSA) is 76.0 Å². The van der Waals surface area contributed by atoms with Gasteiger partial charge >= 0.3 is 0 Å². The van der Waals surface area contributed by atoms with Gasteiger partial charge in [-0.2, -0.15) is 5.10 Å². The van der Waals surface area contributed by atoms with Crippen molar-refractivity contribution in [3.05, 3.63) is 81.5 Å². The second kappa shape index (κ2) is 7.37. The maximum Gasteiger partial charge on any atom is 0.251 e. The lowest BCUT2D eigenvalue weighted by molar-refractivity contribution is -0.118. The van der Waals surface area contributed by atoms with Gasteiger partial charge in [-0.15, -0.1) is 0 Å². The molecule has 2 atom stereocenters. The zero-order valence-electron chi connectivity index (χ0n) is 16.4. The van der Waals surface area contributed by atoms with E-state index in [1.807, 2.05) is 38.1 Å². The summed E-state index contributed by atoms with van der Waals surface area (Å²) >= 11 is 6.06. The fourth-order valence-electron chi connectivity index (χ4n) is 3.90. The molecule has 3 aromatic rings. The first-order chi connectivity index (χ1) is 13.8. The molecule has 148 valence electrons. The number of aromatic nitrogens is 2. The molecule has 2 amide bonds. The Morgan fingerprint density at radius 2 is 1.90 bits per heavy atom. The van der Waals surface area contributed by atoms with Crippen molar-refractivity contribution >= 4 is 29.2 Å². The van der Waals surface area contributed by atoms with Crippen LogP contribution in [0.25, 0.3) is 0 Å². The third kappa shape index (κ3) is 3.51. The molecule has 0 saturated carbocycles. The second-order valence-electron chi connectivity index (χ2n) is 7.31. The van der Waals surface area contributed by atoms with Crippen LogP contribution >= 0.6 is 11.6 Å². The van der Waals surface area contributed by atoms with Gasteiger partial charge in [0.2, 0.25) is 5.91 Å². The Kier molecular flexibility index (Phi) is 4.88. The Bertz CT molecular complexity index is 1100. The highest BCUT2D eigenvalue weighted by Crippen LogP contribution is 2.39. The van der Waals surface area contributed by atoms with E-state index in [1.165, 1.54) is 0 Å². The monoisotopic (exact) mass is 408 g/mol. The number of amides is 2. The first-order valence-electron chi connectivity index (χ1n) is 9.32. The molecule has 0 unspecified atom stereocenters. The number of rotatable bonds is 3. The Morgan fingerprint density at radius 1 is 1.17 bits per heavy atom. The quantitative estimate of drug-likeness (QED) is 0.695. The number of carbonyl (C=O) groups excluding carboxylic acids is 2. The van der Waals surface area contributed by atoms with Crippen molar-refractivity contribution < 1.29 is 9.59 Å². The predicted molar refractivity (Wildman–Crippen MR) is 112 cm³/mol. The number of nitrogens with zero attached hydrogens (tertiary/aromatic N) is 2. The summed E-state index contributed by atoms with van der Waals surface area (Å²) in [5, 5.41) is 10.9. The first-order valence-corrected chi connectivity index (χ1v) is 9.70. The summed E-state index contributed by atoms with van der Waals surface area (Å²) in [5.41, 5.74) is 4.07. The Balaban J connectivity index is 1.78. The van der Waals surface area contributed by atoms with E-state index in [-0.39, 0.29) is 17.7 Å². The maximum absolute atomic E-state index is 13.0. The van der Waals surface area contributed by atoms with Gasteiger partial charge in [-0.05, 0) is 43.7 Å². The van der Waals surface area contributed by atoms with Gasteiger partial charge in [0.1, 0.15) is 11.9 Å². The van der Waals surface area contributed by atoms with E-state index in [4.69, 9.17) is 11.6 Å². The number of fused-ring (bicyclic) bond motifs is 1. The first kappa shape index (κ1) is 19.2. The van der Waals surface area contributed by atoms with Gasteiger partial charge < -0.3 is 10.6 Å². The average Bonchev–Trinajstić information content (AvgIpc) is 2.96. The minimum absolute atomic E-state index is 0.276. The van der Waals surface area contributed by atoms with E-state index in [2.05, 4.69) is 15.7 Å².